The summed E-state index contributed by atoms with van der Waals surface area (Å²) < 4.78 is 31.2. The molecule has 102 valence electrons. The second-order valence-corrected chi connectivity index (χ2v) is 4.83. The summed E-state index contributed by atoms with van der Waals surface area (Å²) in [5, 5.41) is 10.7. The van der Waals surface area contributed by atoms with Crippen molar-refractivity contribution in [3.8, 4) is 11.4 Å². The zero-order chi connectivity index (χ0) is 13.9. The fourth-order valence-electron chi connectivity index (χ4n) is 1.58. The van der Waals surface area contributed by atoms with Gasteiger partial charge in [0, 0.05) is 17.7 Å². The van der Waals surface area contributed by atoms with E-state index in [0.717, 1.165) is 6.07 Å². The molecule has 0 fully saturated rings. The first-order valence-corrected chi connectivity index (χ1v) is 6.60. The monoisotopic (exact) mass is 294 g/mol. The highest BCUT2D eigenvalue weighted by Gasteiger charge is 2.10. The number of rotatable bonds is 4. The molecule has 3 rings (SSSR count). The Morgan fingerprint density at radius 1 is 1.20 bits per heavy atom. The number of aromatic nitrogens is 4. The molecule has 1 N–H and O–H groups in total. The summed E-state index contributed by atoms with van der Waals surface area (Å²) in [5.41, 5.74) is 0.307. The Bertz CT molecular complexity index is 694. The van der Waals surface area contributed by atoms with E-state index in [0.29, 0.717) is 28.1 Å². The highest BCUT2D eigenvalue weighted by molar-refractivity contribution is 7.98. The second kappa shape index (κ2) is 5.41. The molecule has 3 aromatic rings. The smallest absolute Gasteiger partial charge is 0.209 e. The lowest BCUT2D eigenvalue weighted by atomic mass is 10.2. The highest BCUT2D eigenvalue weighted by Crippen LogP contribution is 2.23. The van der Waals surface area contributed by atoms with Crippen LogP contribution in [0.3, 0.4) is 0 Å². The number of nitrogens with zero attached hydrogens (tertiary/aromatic N) is 3. The van der Waals surface area contributed by atoms with Crippen LogP contribution in [0.4, 0.5) is 8.78 Å². The van der Waals surface area contributed by atoms with Crippen molar-refractivity contribution in [3.63, 3.8) is 0 Å². The number of hydrogen-bond donors (Lipinski definition) is 1. The lowest BCUT2D eigenvalue weighted by Gasteiger charge is -1.96. The van der Waals surface area contributed by atoms with Crippen molar-refractivity contribution in [2.75, 3.05) is 0 Å². The summed E-state index contributed by atoms with van der Waals surface area (Å²) in [7, 11) is 0. The lowest BCUT2D eigenvalue weighted by Crippen LogP contribution is -1.86. The van der Waals surface area contributed by atoms with Gasteiger partial charge in [-0.15, -0.1) is 5.10 Å². The molecule has 0 aliphatic heterocycles. The second-order valence-electron chi connectivity index (χ2n) is 3.89. The third-order valence-electron chi connectivity index (χ3n) is 2.44. The van der Waals surface area contributed by atoms with Gasteiger partial charge in [0.25, 0.3) is 0 Å². The molecule has 0 unspecified atom stereocenters. The van der Waals surface area contributed by atoms with E-state index < -0.39 is 11.6 Å². The summed E-state index contributed by atoms with van der Waals surface area (Å²) in [6.45, 7) is 0. The fourth-order valence-corrected chi connectivity index (χ4v) is 2.27. The number of H-pyrrole nitrogens is 1. The Labute approximate surface area is 116 Å². The molecule has 0 saturated heterocycles. The number of benzene rings is 1. The molecule has 0 aliphatic rings. The average molecular weight is 294 g/mol. The van der Waals surface area contributed by atoms with Gasteiger partial charge < -0.3 is 4.52 Å². The van der Waals surface area contributed by atoms with E-state index >= 15 is 0 Å². The van der Waals surface area contributed by atoms with Crippen LogP contribution in [0.15, 0.2) is 40.1 Å². The van der Waals surface area contributed by atoms with Crippen LogP contribution in [0.2, 0.25) is 0 Å². The van der Waals surface area contributed by atoms with Crippen molar-refractivity contribution in [1.29, 1.82) is 0 Å². The number of halogens is 2. The van der Waals surface area contributed by atoms with Gasteiger partial charge in [-0.1, -0.05) is 16.9 Å². The maximum Gasteiger partial charge on any atom is 0.209 e. The Morgan fingerprint density at radius 2 is 2.00 bits per heavy atom. The number of hydrogen-bond acceptors (Lipinski definition) is 5. The van der Waals surface area contributed by atoms with E-state index in [2.05, 4.69) is 20.3 Å². The van der Waals surface area contributed by atoms with Crippen molar-refractivity contribution in [2.24, 2.45) is 0 Å². The third kappa shape index (κ3) is 2.85. The average Bonchev–Trinajstić information content (AvgIpc) is 3.07. The number of nitrogens with one attached hydrogen (secondary N) is 1. The van der Waals surface area contributed by atoms with E-state index in [-0.39, 0.29) is 0 Å². The van der Waals surface area contributed by atoms with E-state index in [1.54, 1.807) is 12.3 Å². The quantitative estimate of drug-likeness (QED) is 0.749. The molecule has 2 aromatic heterocycles. The zero-order valence-corrected chi connectivity index (χ0v) is 10.8. The molecule has 0 amide bonds. The minimum atomic E-state index is -0.660. The minimum Gasteiger partial charge on any atom is -0.361 e. The van der Waals surface area contributed by atoms with Gasteiger partial charge in [0.2, 0.25) is 5.16 Å². The number of aromatic amines is 1. The summed E-state index contributed by atoms with van der Waals surface area (Å²) in [6, 6.07) is 4.92. The van der Waals surface area contributed by atoms with Gasteiger partial charge >= 0.3 is 0 Å². The molecule has 0 spiro atoms. The summed E-state index contributed by atoms with van der Waals surface area (Å²) in [4.78, 5) is 4.16. The molecule has 20 heavy (non-hydrogen) atoms. The zero-order valence-electron chi connectivity index (χ0n) is 10.0. The molecule has 0 radical (unpaired) electrons. The SMILES string of the molecule is Fc1cc(F)cc(-c2nc(SCc3ccno3)n[nH]2)c1. The molecule has 2 heterocycles. The van der Waals surface area contributed by atoms with Crippen LogP contribution in [0.1, 0.15) is 5.76 Å². The standard InChI is InChI=1S/C12H8F2N4OS/c13-8-3-7(4-9(14)5-8)11-16-12(18-17-11)20-6-10-1-2-15-19-10/h1-5H,6H2,(H,16,17,18). The Kier molecular flexibility index (Phi) is 3.46. The Hall–Kier alpha value is -2.22. The normalized spacial score (nSPS) is 10.9. The van der Waals surface area contributed by atoms with Crippen LogP contribution < -0.4 is 0 Å². The van der Waals surface area contributed by atoms with E-state index in [4.69, 9.17) is 4.52 Å². The Balaban J connectivity index is 1.76. The van der Waals surface area contributed by atoms with Gasteiger partial charge in [-0.05, 0) is 12.1 Å². The largest absolute Gasteiger partial charge is 0.361 e. The van der Waals surface area contributed by atoms with Crippen LogP contribution in [-0.4, -0.2) is 20.3 Å². The summed E-state index contributed by atoms with van der Waals surface area (Å²) in [6.07, 6.45) is 1.55. The Morgan fingerprint density at radius 3 is 2.70 bits per heavy atom. The summed E-state index contributed by atoms with van der Waals surface area (Å²) in [5.74, 6) is 0.204. The van der Waals surface area contributed by atoms with Crippen molar-refractivity contribution in [2.45, 2.75) is 10.9 Å². The topological polar surface area (TPSA) is 67.6 Å². The van der Waals surface area contributed by atoms with Crippen LogP contribution in [0.25, 0.3) is 11.4 Å². The predicted molar refractivity (Wildman–Crippen MR) is 67.8 cm³/mol. The molecule has 0 atom stereocenters. The van der Waals surface area contributed by atoms with E-state index in [1.807, 2.05) is 0 Å². The molecule has 0 saturated carbocycles. The molecule has 8 heteroatoms. The first-order chi connectivity index (χ1) is 9.70. The van der Waals surface area contributed by atoms with Crippen molar-refractivity contribution in [1.82, 2.24) is 20.3 Å². The van der Waals surface area contributed by atoms with E-state index in [9.17, 15) is 8.78 Å². The molecular formula is C12H8F2N4OS. The maximum atomic E-state index is 13.1. The van der Waals surface area contributed by atoms with Gasteiger partial charge in [0.15, 0.2) is 5.82 Å². The molecule has 5 nitrogen and oxygen atoms in total. The fraction of sp³-hybridized carbons (Fsp3) is 0.0833. The highest BCUT2D eigenvalue weighted by atomic mass is 32.2. The molecule has 1 aromatic carbocycles. The third-order valence-corrected chi connectivity index (χ3v) is 3.31. The van der Waals surface area contributed by atoms with Gasteiger partial charge in [0.1, 0.15) is 17.4 Å². The number of thioether (sulfide) groups is 1. The van der Waals surface area contributed by atoms with E-state index in [1.165, 1.54) is 23.9 Å². The summed E-state index contributed by atoms with van der Waals surface area (Å²) >= 11 is 1.33. The molecule has 0 bridgehead atoms. The van der Waals surface area contributed by atoms with Gasteiger partial charge in [-0.25, -0.2) is 13.8 Å². The van der Waals surface area contributed by atoms with Gasteiger partial charge in [-0.2, -0.15) is 0 Å². The van der Waals surface area contributed by atoms with Crippen LogP contribution in [-0.2, 0) is 5.75 Å². The van der Waals surface area contributed by atoms with Gasteiger partial charge in [-0.3, -0.25) is 5.10 Å². The first kappa shape index (κ1) is 12.8. The van der Waals surface area contributed by atoms with Gasteiger partial charge in [0.05, 0.1) is 11.9 Å². The van der Waals surface area contributed by atoms with Crippen molar-refractivity contribution < 1.29 is 13.3 Å². The maximum absolute atomic E-state index is 13.1. The lowest BCUT2D eigenvalue weighted by molar-refractivity contribution is 0.395. The van der Waals surface area contributed by atoms with Crippen molar-refractivity contribution in [3.05, 3.63) is 47.9 Å². The van der Waals surface area contributed by atoms with Crippen LogP contribution in [0, 0.1) is 11.6 Å². The molecule has 0 aliphatic carbocycles. The minimum absolute atomic E-state index is 0.307. The van der Waals surface area contributed by atoms with Crippen molar-refractivity contribution >= 4 is 11.8 Å². The van der Waals surface area contributed by atoms with Crippen LogP contribution >= 0.6 is 11.8 Å². The predicted octanol–water partition coefficient (Wildman–Crippen LogP) is 3.03. The molecular weight excluding hydrogens is 286 g/mol. The van der Waals surface area contributed by atoms with Crippen LogP contribution in [0.5, 0.6) is 0 Å². The first-order valence-electron chi connectivity index (χ1n) is 5.62.